The molecule has 0 aromatic carbocycles. The van der Waals surface area contributed by atoms with E-state index in [1.807, 2.05) is 0 Å². The van der Waals surface area contributed by atoms with Crippen LogP contribution in [0.1, 0.15) is 1.43 Å². The van der Waals surface area contributed by atoms with Crippen molar-refractivity contribution in [3.05, 3.63) is 0 Å². The molecule has 0 aliphatic carbocycles. The minimum atomic E-state index is -4.64. The van der Waals surface area contributed by atoms with Gasteiger partial charge in [-0.05, 0) is 0 Å². The van der Waals surface area contributed by atoms with E-state index in [2.05, 4.69) is 0 Å². The Hall–Kier alpha value is 3.38. The molecular formula is CH10Na4O7P. The second-order valence-electron chi connectivity index (χ2n) is 0.796. The third kappa shape index (κ3) is 241. The third-order valence-electron chi connectivity index (χ3n) is 0. The van der Waals surface area contributed by atoms with Crippen LogP contribution in [-0.4, -0.2) is 149 Å². The molecule has 1 radical (unpaired) electrons. The van der Waals surface area contributed by atoms with Gasteiger partial charge in [0, 0.05) is 1.43 Å². The van der Waals surface area contributed by atoms with Crippen LogP contribution in [0.15, 0.2) is 0 Å². The molecule has 0 aromatic heterocycles. The summed E-state index contributed by atoms with van der Waals surface area (Å²) in [6.45, 7) is 0. The molecule has 0 saturated carbocycles. The quantitative estimate of drug-likeness (QED) is 0.228. The molecular weight excluding hydrogens is 247 g/mol. The molecule has 0 bridgehead atoms. The first-order valence-electron chi connectivity index (χ1n) is 1.43. The summed E-state index contributed by atoms with van der Waals surface area (Å²) in [5, 5.41) is 13.9. The summed E-state index contributed by atoms with van der Waals surface area (Å²) in [4.78, 5) is 30.1. The number of phosphoric acid groups is 1. The molecule has 5 N–H and O–H groups in total. The molecule has 0 saturated heterocycles. The van der Waals surface area contributed by atoms with Crippen LogP contribution in [0.2, 0.25) is 0 Å². The van der Waals surface area contributed by atoms with Gasteiger partial charge in [-0.1, -0.05) is 0 Å². The van der Waals surface area contributed by atoms with Gasteiger partial charge < -0.3 is 24.9 Å². The van der Waals surface area contributed by atoms with Crippen molar-refractivity contribution >= 4 is 132 Å². The van der Waals surface area contributed by atoms with Gasteiger partial charge in [0.15, 0.2) is 0 Å². The Morgan fingerprint density at radius 2 is 0.923 bits per heavy atom. The minimum absolute atomic E-state index is 0. The first-order valence-corrected chi connectivity index (χ1v) is 3.00. The Kier molecular flexibility index (Phi) is 57.4. The van der Waals surface area contributed by atoms with Crippen LogP contribution in [0.25, 0.3) is 0 Å². The molecule has 0 fully saturated rings. The molecule has 0 rings (SSSR count). The maximum absolute atomic E-state index is 8.88. The fourth-order valence-electron chi connectivity index (χ4n) is 0. The number of hydrogen-bond acceptors (Lipinski definition) is 2. The van der Waals surface area contributed by atoms with E-state index >= 15 is 0 Å². The van der Waals surface area contributed by atoms with Crippen LogP contribution in [-0.2, 0) is 4.57 Å². The van der Waals surface area contributed by atoms with Crippen LogP contribution in [0, 0.1) is 0 Å². The van der Waals surface area contributed by atoms with Crippen molar-refractivity contribution in [2.75, 3.05) is 0 Å². The van der Waals surface area contributed by atoms with Gasteiger partial charge in [-0.15, -0.1) is 0 Å². The van der Waals surface area contributed by atoms with Crippen molar-refractivity contribution in [3.63, 3.8) is 0 Å². The van der Waals surface area contributed by atoms with Crippen molar-refractivity contribution in [2.24, 2.45) is 0 Å². The average molecular weight is 257 g/mol. The molecule has 0 aromatic rings. The van der Waals surface area contributed by atoms with Gasteiger partial charge in [-0.2, -0.15) is 0 Å². The molecule has 13 heavy (non-hydrogen) atoms. The molecule has 7 nitrogen and oxygen atoms in total. The van der Waals surface area contributed by atoms with Crippen LogP contribution < -0.4 is 0 Å². The number of carbonyl (C=O) groups is 1. The fourth-order valence-corrected chi connectivity index (χ4v) is 0. The molecule has 0 amide bonds. The van der Waals surface area contributed by atoms with Crippen molar-refractivity contribution in [1.29, 1.82) is 0 Å². The Morgan fingerprint density at radius 3 is 0.923 bits per heavy atom. The Morgan fingerprint density at radius 1 is 0.923 bits per heavy atom. The summed E-state index contributed by atoms with van der Waals surface area (Å²) in [5.74, 6) is 0. The zero-order valence-electron chi connectivity index (χ0n) is 5.00. The van der Waals surface area contributed by atoms with Gasteiger partial charge in [0.2, 0.25) is 0 Å². The number of hydrogen-bond donors (Lipinski definition) is 5. The van der Waals surface area contributed by atoms with Gasteiger partial charge in [-0.25, -0.2) is 9.36 Å². The zero-order chi connectivity index (χ0) is 8.08. The molecule has 0 unspecified atom stereocenters. The molecule has 0 heterocycles. The topological polar surface area (TPSA) is 135 Å². The summed E-state index contributed by atoms with van der Waals surface area (Å²) in [6, 6.07) is 0. The van der Waals surface area contributed by atoms with Gasteiger partial charge in [0.05, 0.1) is 0 Å². The van der Waals surface area contributed by atoms with E-state index in [1.165, 1.54) is 0 Å². The predicted molar refractivity (Wildman–Crippen MR) is 54.6 cm³/mol. The Balaban J connectivity index is -0.0000000104. The van der Waals surface area contributed by atoms with E-state index in [4.69, 9.17) is 34.3 Å². The van der Waals surface area contributed by atoms with Crippen molar-refractivity contribution < 1.29 is 35.7 Å². The number of rotatable bonds is 0. The molecule has 12 heteroatoms. The molecule has 0 aliphatic rings. The van der Waals surface area contributed by atoms with Crippen molar-refractivity contribution in [3.8, 4) is 0 Å². The standard InChI is InChI=1S/CH2O3.4Na.H3O4P.5H/c2-1(3)4;;;;;1-5(2,3)4;;;;;/h(H2,2,3,4);;;;;(H3,1,2,3,4);;;;;. The summed E-state index contributed by atoms with van der Waals surface area (Å²) < 4.78 is 8.88. The van der Waals surface area contributed by atoms with E-state index in [-0.39, 0.29) is 120 Å². The van der Waals surface area contributed by atoms with E-state index in [9.17, 15) is 0 Å². The molecule has 0 aliphatic heterocycles. The normalized spacial score (nSPS) is 6.38. The first-order chi connectivity index (χ1) is 3.73. The van der Waals surface area contributed by atoms with Gasteiger partial charge in [0.25, 0.3) is 0 Å². The average Bonchev–Trinajstić information content (AvgIpc) is 1.19. The van der Waals surface area contributed by atoms with Gasteiger partial charge in [0.1, 0.15) is 0 Å². The molecule has 0 spiro atoms. The zero-order valence-corrected chi connectivity index (χ0v) is 4.89. The predicted octanol–water partition coefficient (Wildman–Crippen LogP) is -3.19. The number of carboxylic acid groups (broad SMARTS) is 2. The van der Waals surface area contributed by atoms with Crippen LogP contribution in [0.3, 0.4) is 0 Å². The van der Waals surface area contributed by atoms with Gasteiger partial charge in [-0.3, -0.25) is 0 Å². The van der Waals surface area contributed by atoms with Crippen molar-refractivity contribution in [2.45, 2.75) is 0 Å². The molecule has 65 valence electrons. The van der Waals surface area contributed by atoms with Gasteiger partial charge >= 0.3 is 132 Å². The summed E-state index contributed by atoms with van der Waals surface area (Å²) in [7, 11) is -4.64. The fraction of sp³-hybridized carbons (Fsp3) is 0. The van der Waals surface area contributed by atoms with Crippen LogP contribution >= 0.6 is 7.82 Å². The Labute approximate surface area is 165 Å². The summed E-state index contributed by atoms with van der Waals surface area (Å²) in [6.07, 6.45) is -1.83. The SMILES string of the molecule is O=C(O)O.O=P(O)(O)O.[H].[NaH].[NaH].[NaH].[NaH]. The molecule has 0 atom stereocenters. The monoisotopic (exact) mass is 257 g/mol. The van der Waals surface area contributed by atoms with E-state index in [1.54, 1.807) is 0 Å². The van der Waals surface area contributed by atoms with E-state index in [0.29, 0.717) is 0 Å². The maximum atomic E-state index is 8.88. The second kappa shape index (κ2) is 20.8. The van der Waals surface area contributed by atoms with Crippen LogP contribution in [0.5, 0.6) is 0 Å². The first kappa shape index (κ1) is 36.0. The summed E-state index contributed by atoms with van der Waals surface area (Å²) >= 11 is 0. The Bertz CT molecular complexity index is 125. The van der Waals surface area contributed by atoms with E-state index < -0.39 is 14.0 Å². The van der Waals surface area contributed by atoms with Crippen LogP contribution in [0.4, 0.5) is 4.79 Å². The van der Waals surface area contributed by atoms with E-state index in [0.717, 1.165) is 0 Å². The summed E-state index contributed by atoms with van der Waals surface area (Å²) in [5.41, 5.74) is 0. The second-order valence-corrected chi connectivity index (χ2v) is 1.82. The van der Waals surface area contributed by atoms with Crippen molar-refractivity contribution in [1.82, 2.24) is 0 Å². The third-order valence-corrected chi connectivity index (χ3v) is 0.